The van der Waals surface area contributed by atoms with Gasteiger partial charge in [-0.2, -0.15) is 0 Å². The molecule has 3 aromatic rings. The molecular weight excluding hydrogens is 598 g/mol. The predicted molar refractivity (Wildman–Crippen MR) is 181 cm³/mol. The molecule has 3 rings (SSSR count). The van der Waals surface area contributed by atoms with E-state index in [4.69, 9.17) is 4.74 Å². The Bertz CT molecular complexity index is 1520. The van der Waals surface area contributed by atoms with Crippen LogP contribution in [-0.4, -0.2) is 52.7 Å². The number of ether oxygens (including phenoxy) is 1. The van der Waals surface area contributed by atoms with Crippen LogP contribution in [0.2, 0.25) is 0 Å². The summed E-state index contributed by atoms with van der Waals surface area (Å²) in [5.74, 6) is -2.80. The van der Waals surface area contributed by atoms with E-state index in [0.717, 1.165) is 5.56 Å². The number of nitrogens with one attached hydrogen (secondary N) is 4. The summed E-state index contributed by atoms with van der Waals surface area (Å²) >= 11 is 0. The van der Waals surface area contributed by atoms with Crippen LogP contribution >= 0.6 is 0 Å². The molecule has 11 heteroatoms. The number of pyridine rings is 1. The Morgan fingerprint density at radius 3 is 1.85 bits per heavy atom. The summed E-state index contributed by atoms with van der Waals surface area (Å²) in [6.45, 7) is 11.4. The van der Waals surface area contributed by atoms with Crippen molar-refractivity contribution in [1.29, 1.82) is 0 Å². The Hall–Kier alpha value is -4.80. The van der Waals surface area contributed by atoms with Gasteiger partial charge in [0, 0.05) is 11.6 Å². The molecule has 0 fully saturated rings. The summed E-state index contributed by atoms with van der Waals surface area (Å²) in [6.07, 6.45) is 1.67. The van der Waals surface area contributed by atoms with E-state index in [1.807, 2.05) is 71.9 Å². The predicted octanol–water partition coefficient (Wildman–Crippen LogP) is 5.15. The van der Waals surface area contributed by atoms with Gasteiger partial charge in [0.1, 0.15) is 18.7 Å². The first-order valence-corrected chi connectivity index (χ1v) is 16.1. The standard InChI is InChI=1S/C36H47N5O6/c1-22(2)18-29(32(42)35(45)38-28-16-10-15-27-26(28)14-11-17-37-27)39-33(43)30(19-23(3)4)40-34(44)31(20-24(5)6)41-36(46)47-21-25-12-8-7-9-13-25/h7-17,22-24,29-31H,18-21H2,1-6H3,(H,38,45)(H,39,43)(H,40,44)(H,41,46)/t29-,30-,31-/m0/s1. The molecule has 4 N–H and O–H groups in total. The van der Waals surface area contributed by atoms with Gasteiger partial charge in [-0.3, -0.25) is 24.2 Å². The molecule has 0 radical (unpaired) electrons. The van der Waals surface area contributed by atoms with E-state index in [9.17, 15) is 24.0 Å². The Labute approximate surface area is 276 Å². The number of aromatic nitrogens is 1. The third kappa shape index (κ3) is 11.8. The molecule has 0 spiro atoms. The monoisotopic (exact) mass is 645 g/mol. The number of amides is 4. The van der Waals surface area contributed by atoms with Gasteiger partial charge in [-0.15, -0.1) is 0 Å². The maximum Gasteiger partial charge on any atom is 0.408 e. The Kier molecular flexibility index (Phi) is 13.9. The van der Waals surface area contributed by atoms with Crippen LogP contribution in [0.3, 0.4) is 0 Å². The first-order valence-electron chi connectivity index (χ1n) is 16.1. The molecule has 2 aromatic carbocycles. The van der Waals surface area contributed by atoms with Crippen molar-refractivity contribution < 1.29 is 28.7 Å². The van der Waals surface area contributed by atoms with Crippen molar-refractivity contribution in [2.24, 2.45) is 17.8 Å². The van der Waals surface area contributed by atoms with E-state index in [2.05, 4.69) is 26.3 Å². The molecule has 0 aliphatic heterocycles. The lowest BCUT2D eigenvalue weighted by atomic mass is 9.97. The Morgan fingerprint density at radius 1 is 0.660 bits per heavy atom. The number of fused-ring (bicyclic) bond motifs is 1. The number of benzene rings is 2. The van der Waals surface area contributed by atoms with Crippen LogP contribution < -0.4 is 21.3 Å². The molecule has 47 heavy (non-hydrogen) atoms. The highest BCUT2D eigenvalue weighted by Crippen LogP contribution is 2.21. The van der Waals surface area contributed by atoms with Crippen LogP contribution in [0.15, 0.2) is 66.9 Å². The van der Waals surface area contributed by atoms with Crippen molar-refractivity contribution in [1.82, 2.24) is 20.9 Å². The second-order valence-corrected chi connectivity index (χ2v) is 13.0. The van der Waals surface area contributed by atoms with E-state index < -0.39 is 47.7 Å². The number of ketones is 1. The average Bonchev–Trinajstić information content (AvgIpc) is 3.02. The fraction of sp³-hybridized carbons (Fsp3) is 0.444. The molecule has 0 saturated carbocycles. The smallest absolute Gasteiger partial charge is 0.408 e. The largest absolute Gasteiger partial charge is 0.445 e. The van der Waals surface area contributed by atoms with Crippen LogP contribution in [0.4, 0.5) is 10.5 Å². The number of anilines is 1. The van der Waals surface area contributed by atoms with Gasteiger partial charge >= 0.3 is 6.09 Å². The minimum Gasteiger partial charge on any atom is -0.445 e. The molecule has 1 aromatic heterocycles. The fourth-order valence-electron chi connectivity index (χ4n) is 5.11. The number of nitrogens with zero attached hydrogens (tertiary/aromatic N) is 1. The van der Waals surface area contributed by atoms with Crippen LogP contribution in [0.25, 0.3) is 10.9 Å². The summed E-state index contributed by atoms with van der Waals surface area (Å²) in [5, 5.41) is 11.5. The molecule has 252 valence electrons. The molecule has 3 atom stereocenters. The zero-order chi connectivity index (χ0) is 34.5. The highest BCUT2D eigenvalue weighted by Gasteiger charge is 2.33. The van der Waals surface area contributed by atoms with Gasteiger partial charge in [-0.05, 0) is 66.8 Å². The molecule has 0 aliphatic rings. The van der Waals surface area contributed by atoms with E-state index in [1.165, 1.54) is 0 Å². The fourth-order valence-corrected chi connectivity index (χ4v) is 5.11. The molecule has 0 aliphatic carbocycles. The second kappa shape index (κ2) is 17.8. The summed E-state index contributed by atoms with van der Waals surface area (Å²) < 4.78 is 5.32. The number of rotatable bonds is 16. The summed E-state index contributed by atoms with van der Waals surface area (Å²) in [5.41, 5.74) is 1.89. The molecule has 11 nitrogen and oxygen atoms in total. The number of hydrogen-bond acceptors (Lipinski definition) is 7. The van der Waals surface area contributed by atoms with Gasteiger partial charge in [-0.1, -0.05) is 77.9 Å². The average molecular weight is 646 g/mol. The summed E-state index contributed by atoms with van der Waals surface area (Å²) in [4.78, 5) is 70.7. The van der Waals surface area contributed by atoms with Crippen molar-refractivity contribution in [2.45, 2.75) is 85.5 Å². The van der Waals surface area contributed by atoms with E-state index in [-0.39, 0.29) is 37.2 Å². The third-order valence-electron chi connectivity index (χ3n) is 7.33. The lowest BCUT2D eigenvalue weighted by Gasteiger charge is -2.27. The topological polar surface area (TPSA) is 156 Å². The number of carbonyl (C=O) groups is 5. The first-order chi connectivity index (χ1) is 22.3. The summed E-state index contributed by atoms with van der Waals surface area (Å²) in [7, 11) is 0. The van der Waals surface area contributed by atoms with Crippen LogP contribution in [-0.2, 0) is 30.5 Å². The maximum absolute atomic E-state index is 13.7. The molecule has 0 saturated heterocycles. The van der Waals surface area contributed by atoms with E-state index in [1.54, 1.807) is 36.5 Å². The van der Waals surface area contributed by atoms with Gasteiger partial charge in [0.05, 0.1) is 17.2 Å². The number of carbonyl (C=O) groups excluding carboxylic acids is 5. The molecule has 4 amide bonds. The SMILES string of the molecule is CC(C)C[C@H](NC(=O)OCc1ccccc1)C(=O)N[C@@H](CC(C)C)C(=O)N[C@@H](CC(C)C)C(=O)C(=O)Nc1cccc2ncccc12. The lowest BCUT2D eigenvalue weighted by Crippen LogP contribution is -2.57. The highest BCUT2D eigenvalue weighted by atomic mass is 16.5. The Morgan fingerprint density at radius 2 is 1.23 bits per heavy atom. The van der Waals surface area contributed by atoms with Crippen molar-refractivity contribution in [3.05, 3.63) is 72.4 Å². The van der Waals surface area contributed by atoms with Gasteiger partial charge < -0.3 is 26.0 Å². The zero-order valence-corrected chi connectivity index (χ0v) is 28.0. The van der Waals surface area contributed by atoms with Crippen LogP contribution in [0.5, 0.6) is 0 Å². The third-order valence-corrected chi connectivity index (χ3v) is 7.33. The number of hydrogen-bond donors (Lipinski definition) is 4. The number of alkyl carbamates (subject to hydrolysis) is 1. The van der Waals surface area contributed by atoms with Crippen LogP contribution in [0.1, 0.15) is 66.4 Å². The minimum absolute atomic E-state index is 0.000848. The summed E-state index contributed by atoms with van der Waals surface area (Å²) in [6, 6.07) is 14.8. The first kappa shape index (κ1) is 36.7. The van der Waals surface area contributed by atoms with Crippen molar-refractivity contribution in [3.63, 3.8) is 0 Å². The second-order valence-electron chi connectivity index (χ2n) is 13.0. The number of Topliss-reactive ketones (excluding diaryl/α,β-unsaturated/α-hetero) is 1. The van der Waals surface area contributed by atoms with Gasteiger partial charge in [0.2, 0.25) is 17.6 Å². The quantitative estimate of drug-likeness (QED) is 0.157. The molecule has 1 heterocycles. The van der Waals surface area contributed by atoms with Gasteiger partial charge in [-0.25, -0.2) is 4.79 Å². The molecule has 0 bridgehead atoms. The lowest BCUT2D eigenvalue weighted by molar-refractivity contribution is -0.138. The molecule has 0 unspecified atom stereocenters. The van der Waals surface area contributed by atoms with Crippen LogP contribution in [0, 0.1) is 17.8 Å². The van der Waals surface area contributed by atoms with Crippen molar-refractivity contribution in [3.8, 4) is 0 Å². The van der Waals surface area contributed by atoms with Crippen molar-refractivity contribution in [2.75, 3.05) is 5.32 Å². The van der Waals surface area contributed by atoms with Gasteiger partial charge in [0.15, 0.2) is 0 Å². The van der Waals surface area contributed by atoms with Crippen molar-refractivity contribution >= 4 is 46.2 Å². The highest BCUT2D eigenvalue weighted by molar-refractivity contribution is 6.43. The Balaban J connectivity index is 1.72. The van der Waals surface area contributed by atoms with E-state index in [0.29, 0.717) is 23.0 Å². The van der Waals surface area contributed by atoms with Gasteiger partial charge in [0.25, 0.3) is 5.91 Å². The zero-order valence-electron chi connectivity index (χ0n) is 28.0. The molecular formula is C36H47N5O6. The van der Waals surface area contributed by atoms with E-state index >= 15 is 0 Å². The normalized spacial score (nSPS) is 13.1. The minimum atomic E-state index is -1.13. The maximum atomic E-state index is 13.7.